The molecule has 0 aliphatic carbocycles. The number of hydrogen-bond acceptors (Lipinski definition) is 4. The topological polar surface area (TPSA) is 38.8 Å². The van der Waals surface area contributed by atoms with Gasteiger partial charge in [-0.1, -0.05) is 18.2 Å². The molecule has 21 heavy (non-hydrogen) atoms. The van der Waals surface area contributed by atoms with Crippen molar-refractivity contribution in [3.05, 3.63) is 29.8 Å². The van der Waals surface area contributed by atoms with Crippen LogP contribution in [-0.4, -0.2) is 35.7 Å². The van der Waals surface area contributed by atoms with Gasteiger partial charge < -0.3 is 9.47 Å². The molecule has 0 radical (unpaired) electrons. The zero-order valence-electron chi connectivity index (χ0n) is 13.4. The highest BCUT2D eigenvalue weighted by Gasteiger charge is 2.29. The average Bonchev–Trinajstić information content (AvgIpc) is 2.49. The van der Waals surface area contributed by atoms with E-state index >= 15 is 0 Å². The van der Waals surface area contributed by atoms with Crippen molar-refractivity contribution in [3.8, 4) is 5.75 Å². The van der Waals surface area contributed by atoms with Crippen molar-refractivity contribution in [1.29, 1.82) is 0 Å². The molecule has 1 aliphatic rings. The lowest BCUT2D eigenvalue weighted by Gasteiger charge is -2.29. The van der Waals surface area contributed by atoms with Gasteiger partial charge in [-0.2, -0.15) is 0 Å². The van der Waals surface area contributed by atoms with Gasteiger partial charge in [-0.15, -0.1) is 0 Å². The number of hydrogen-bond donors (Lipinski definition) is 0. The van der Waals surface area contributed by atoms with Gasteiger partial charge in [0.05, 0.1) is 12.5 Å². The van der Waals surface area contributed by atoms with Crippen molar-refractivity contribution in [2.45, 2.75) is 52.4 Å². The first-order chi connectivity index (χ1) is 9.85. The molecule has 0 amide bonds. The van der Waals surface area contributed by atoms with E-state index in [2.05, 4.69) is 24.8 Å². The summed E-state index contributed by atoms with van der Waals surface area (Å²) in [5.74, 6) is 0.802. The molecule has 1 aromatic rings. The fourth-order valence-corrected chi connectivity index (χ4v) is 2.63. The molecule has 0 atom stereocenters. The summed E-state index contributed by atoms with van der Waals surface area (Å²) in [6.45, 7) is 10.2. The SMILES string of the molecule is CC(C)OC(=O)CCN1Cc2ccccc2OC(C)(C)C1. The van der Waals surface area contributed by atoms with E-state index in [1.54, 1.807) is 0 Å². The minimum Gasteiger partial charge on any atom is -0.486 e. The standard InChI is InChI=1S/C17H25NO3/c1-13(2)20-16(19)9-10-18-11-14-7-5-6-8-15(14)21-17(3,4)12-18/h5-8,13H,9-12H2,1-4H3. The Morgan fingerprint density at radius 3 is 2.81 bits per heavy atom. The van der Waals surface area contributed by atoms with Crippen LogP contribution >= 0.6 is 0 Å². The molecular weight excluding hydrogens is 266 g/mol. The van der Waals surface area contributed by atoms with Gasteiger partial charge in [-0.25, -0.2) is 0 Å². The van der Waals surface area contributed by atoms with Crippen LogP contribution in [0, 0.1) is 0 Å². The van der Waals surface area contributed by atoms with E-state index < -0.39 is 0 Å². The van der Waals surface area contributed by atoms with Crippen LogP contribution in [0.4, 0.5) is 0 Å². The Labute approximate surface area is 127 Å². The van der Waals surface area contributed by atoms with Crippen LogP contribution in [0.25, 0.3) is 0 Å². The van der Waals surface area contributed by atoms with E-state index in [1.165, 1.54) is 5.56 Å². The Morgan fingerprint density at radius 1 is 1.38 bits per heavy atom. The fraction of sp³-hybridized carbons (Fsp3) is 0.588. The molecule has 0 unspecified atom stereocenters. The van der Waals surface area contributed by atoms with Crippen molar-refractivity contribution in [3.63, 3.8) is 0 Å². The van der Waals surface area contributed by atoms with Crippen LogP contribution in [-0.2, 0) is 16.1 Å². The molecule has 1 aliphatic heterocycles. The van der Waals surface area contributed by atoms with Crippen LogP contribution in [0.15, 0.2) is 24.3 Å². The van der Waals surface area contributed by atoms with Gasteiger partial charge in [0.1, 0.15) is 11.4 Å². The molecule has 0 N–H and O–H groups in total. The third-order valence-electron chi connectivity index (χ3n) is 3.36. The van der Waals surface area contributed by atoms with E-state index in [0.29, 0.717) is 13.0 Å². The van der Waals surface area contributed by atoms with E-state index in [4.69, 9.17) is 9.47 Å². The Kier molecular flexibility index (Phi) is 4.88. The van der Waals surface area contributed by atoms with Crippen LogP contribution in [0.5, 0.6) is 5.75 Å². The number of carbonyl (C=O) groups is 1. The quantitative estimate of drug-likeness (QED) is 0.799. The second kappa shape index (κ2) is 6.48. The monoisotopic (exact) mass is 291 g/mol. The van der Waals surface area contributed by atoms with Gasteiger partial charge in [0.15, 0.2) is 0 Å². The molecule has 1 aromatic carbocycles. The van der Waals surface area contributed by atoms with Gasteiger partial charge >= 0.3 is 5.97 Å². The lowest BCUT2D eigenvalue weighted by Crippen LogP contribution is -2.41. The molecule has 0 spiro atoms. The minimum absolute atomic E-state index is 0.0536. The fourth-order valence-electron chi connectivity index (χ4n) is 2.63. The van der Waals surface area contributed by atoms with Crippen LogP contribution in [0.1, 0.15) is 39.7 Å². The Bertz CT molecular complexity index is 497. The normalized spacial score (nSPS) is 17.8. The Balaban J connectivity index is 2.02. The summed E-state index contributed by atoms with van der Waals surface area (Å²) in [6.07, 6.45) is 0.360. The predicted octanol–water partition coefficient (Wildman–Crippen LogP) is 3.00. The average molecular weight is 291 g/mol. The maximum Gasteiger partial charge on any atom is 0.307 e. The van der Waals surface area contributed by atoms with Gasteiger partial charge in [0, 0.05) is 25.2 Å². The van der Waals surface area contributed by atoms with E-state index in [0.717, 1.165) is 18.8 Å². The number of para-hydroxylation sites is 1. The molecular formula is C17H25NO3. The van der Waals surface area contributed by atoms with Crippen LogP contribution < -0.4 is 4.74 Å². The predicted molar refractivity (Wildman–Crippen MR) is 82.3 cm³/mol. The molecule has 0 saturated heterocycles. The highest BCUT2D eigenvalue weighted by Crippen LogP contribution is 2.29. The van der Waals surface area contributed by atoms with Gasteiger partial charge in [0.25, 0.3) is 0 Å². The molecule has 1 heterocycles. The van der Waals surface area contributed by atoms with Crippen LogP contribution in [0.2, 0.25) is 0 Å². The molecule has 4 heteroatoms. The largest absolute Gasteiger partial charge is 0.486 e. The first kappa shape index (κ1) is 15.8. The van der Waals surface area contributed by atoms with Crippen molar-refractivity contribution in [2.75, 3.05) is 13.1 Å². The highest BCUT2D eigenvalue weighted by molar-refractivity contribution is 5.69. The number of rotatable bonds is 4. The first-order valence-corrected chi connectivity index (χ1v) is 7.54. The van der Waals surface area contributed by atoms with Crippen molar-refractivity contribution in [2.24, 2.45) is 0 Å². The molecule has 4 nitrogen and oxygen atoms in total. The van der Waals surface area contributed by atoms with Crippen molar-refractivity contribution >= 4 is 5.97 Å². The number of carbonyl (C=O) groups excluding carboxylic acids is 1. The Hall–Kier alpha value is -1.55. The summed E-state index contributed by atoms with van der Waals surface area (Å²) in [4.78, 5) is 14.0. The summed E-state index contributed by atoms with van der Waals surface area (Å²) >= 11 is 0. The lowest BCUT2D eigenvalue weighted by atomic mass is 10.1. The molecule has 0 bridgehead atoms. The number of esters is 1. The molecule has 116 valence electrons. The summed E-state index contributed by atoms with van der Waals surface area (Å²) in [5, 5.41) is 0. The van der Waals surface area contributed by atoms with Crippen LogP contribution in [0.3, 0.4) is 0 Å². The number of fused-ring (bicyclic) bond motifs is 1. The summed E-state index contributed by atoms with van der Waals surface area (Å²) in [5.41, 5.74) is 0.898. The maximum absolute atomic E-state index is 11.7. The van der Waals surface area contributed by atoms with Gasteiger partial charge in [-0.05, 0) is 33.8 Å². The highest BCUT2D eigenvalue weighted by atomic mass is 16.5. The first-order valence-electron chi connectivity index (χ1n) is 7.54. The number of nitrogens with zero attached hydrogens (tertiary/aromatic N) is 1. The van der Waals surface area contributed by atoms with Crippen molar-refractivity contribution in [1.82, 2.24) is 4.90 Å². The third kappa shape index (κ3) is 4.74. The molecule has 0 aromatic heterocycles. The Morgan fingerprint density at radius 2 is 2.10 bits per heavy atom. The van der Waals surface area contributed by atoms with Crippen molar-refractivity contribution < 1.29 is 14.3 Å². The number of ether oxygens (including phenoxy) is 2. The molecule has 2 rings (SSSR count). The maximum atomic E-state index is 11.7. The second-order valence-corrected chi connectivity index (χ2v) is 6.47. The summed E-state index contributed by atoms with van der Waals surface area (Å²) in [7, 11) is 0. The molecule has 0 saturated carbocycles. The minimum atomic E-state index is -0.269. The van der Waals surface area contributed by atoms with E-state index in [9.17, 15) is 4.79 Å². The smallest absolute Gasteiger partial charge is 0.307 e. The second-order valence-electron chi connectivity index (χ2n) is 6.47. The lowest BCUT2D eigenvalue weighted by molar-refractivity contribution is -0.147. The summed E-state index contributed by atoms with van der Waals surface area (Å²) < 4.78 is 11.3. The van der Waals surface area contributed by atoms with E-state index in [-0.39, 0.29) is 17.7 Å². The molecule has 0 fully saturated rings. The van der Waals surface area contributed by atoms with Gasteiger partial charge in [0.2, 0.25) is 0 Å². The number of benzene rings is 1. The zero-order chi connectivity index (χ0) is 15.5. The van der Waals surface area contributed by atoms with Gasteiger partial charge in [-0.3, -0.25) is 9.69 Å². The zero-order valence-corrected chi connectivity index (χ0v) is 13.4. The summed E-state index contributed by atoms with van der Waals surface area (Å²) in [6, 6.07) is 8.10. The van der Waals surface area contributed by atoms with E-state index in [1.807, 2.05) is 32.0 Å². The third-order valence-corrected chi connectivity index (χ3v) is 3.36.